The molecule has 1 aliphatic carbocycles. The lowest BCUT2D eigenvalue weighted by Crippen LogP contribution is -2.30. The number of hydrogen-bond acceptors (Lipinski definition) is 5. The summed E-state index contributed by atoms with van der Waals surface area (Å²) in [7, 11) is 0. The highest BCUT2D eigenvalue weighted by Crippen LogP contribution is 2.40. The molecule has 7 heteroatoms. The molecular weight excluding hydrogens is 378 g/mol. The highest BCUT2D eigenvalue weighted by molar-refractivity contribution is 6.32. The van der Waals surface area contributed by atoms with Gasteiger partial charge in [-0.15, -0.1) is 0 Å². The van der Waals surface area contributed by atoms with Gasteiger partial charge < -0.3 is 10.1 Å². The molecule has 0 radical (unpaired) electrons. The first-order chi connectivity index (χ1) is 13.5. The summed E-state index contributed by atoms with van der Waals surface area (Å²) in [6.07, 6.45) is 2.67. The molecule has 2 aromatic heterocycles. The van der Waals surface area contributed by atoms with Gasteiger partial charge in [-0.1, -0.05) is 29.8 Å². The number of anilines is 1. The Bertz CT molecular complexity index is 1070. The van der Waals surface area contributed by atoms with Crippen molar-refractivity contribution in [2.24, 2.45) is 0 Å². The van der Waals surface area contributed by atoms with Gasteiger partial charge in [0.15, 0.2) is 11.3 Å². The number of carbonyl (C=O) groups excluding carboxylic acids is 2. The van der Waals surface area contributed by atoms with E-state index in [0.717, 1.165) is 24.1 Å². The van der Waals surface area contributed by atoms with Crippen LogP contribution in [0.5, 0.6) is 0 Å². The Hall–Kier alpha value is -2.99. The van der Waals surface area contributed by atoms with Crippen LogP contribution in [0.4, 0.5) is 5.69 Å². The number of esters is 1. The van der Waals surface area contributed by atoms with Crippen LogP contribution >= 0.6 is 11.6 Å². The Labute approximate surface area is 166 Å². The summed E-state index contributed by atoms with van der Waals surface area (Å²) in [5, 5.41) is 3.50. The Morgan fingerprint density at radius 2 is 2.00 bits per heavy atom. The molecule has 1 aromatic carbocycles. The van der Waals surface area contributed by atoms with E-state index in [0.29, 0.717) is 22.6 Å². The Balaban J connectivity index is 1.54. The fourth-order valence-corrected chi connectivity index (χ4v) is 3.11. The van der Waals surface area contributed by atoms with Crippen molar-refractivity contribution in [2.75, 3.05) is 5.32 Å². The number of carbonyl (C=O) groups is 2. The molecule has 4 rings (SSSR count). The zero-order chi connectivity index (χ0) is 19.7. The summed E-state index contributed by atoms with van der Waals surface area (Å²) >= 11 is 5.95. The maximum absolute atomic E-state index is 12.8. The molecule has 1 fully saturated rings. The zero-order valence-electron chi connectivity index (χ0n) is 15.2. The molecule has 1 amide bonds. The lowest BCUT2D eigenvalue weighted by atomic mass is 10.1. The maximum atomic E-state index is 12.8. The van der Waals surface area contributed by atoms with Crippen molar-refractivity contribution in [2.45, 2.75) is 31.8 Å². The first kappa shape index (κ1) is 18.4. The van der Waals surface area contributed by atoms with E-state index in [1.54, 1.807) is 18.2 Å². The molecule has 0 aliphatic heterocycles. The molecule has 2 heterocycles. The van der Waals surface area contributed by atoms with E-state index < -0.39 is 18.0 Å². The van der Waals surface area contributed by atoms with Gasteiger partial charge in [-0.05, 0) is 44.0 Å². The molecular formula is C21H18ClN3O3. The third-order valence-corrected chi connectivity index (χ3v) is 4.92. The van der Waals surface area contributed by atoms with Crippen LogP contribution in [0, 0.1) is 0 Å². The van der Waals surface area contributed by atoms with Crippen LogP contribution in [-0.4, -0.2) is 27.9 Å². The summed E-state index contributed by atoms with van der Waals surface area (Å²) in [5.74, 6) is -0.644. The average molecular weight is 396 g/mol. The van der Waals surface area contributed by atoms with Crippen LogP contribution in [0.25, 0.3) is 10.9 Å². The average Bonchev–Trinajstić information content (AvgIpc) is 3.54. The molecule has 0 spiro atoms. The summed E-state index contributed by atoms with van der Waals surface area (Å²) in [6.45, 7) is 1.52. The SMILES string of the molecule is C[C@@H](OC(=O)c1cc(C2CC2)nc2ccccc12)C(=O)Nc1cccnc1Cl. The molecule has 1 saturated carbocycles. The van der Waals surface area contributed by atoms with Crippen molar-refractivity contribution < 1.29 is 14.3 Å². The van der Waals surface area contributed by atoms with Crippen LogP contribution in [0.2, 0.25) is 5.15 Å². The maximum Gasteiger partial charge on any atom is 0.339 e. The number of ether oxygens (including phenoxy) is 1. The van der Waals surface area contributed by atoms with Crippen LogP contribution < -0.4 is 5.32 Å². The van der Waals surface area contributed by atoms with Gasteiger partial charge in [0.2, 0.25) is 0 Å². The van der Waals surface area contributed by atoms with E-state index in [1.165, 1.54) is 13.1 Å². The third kappa shape index (κ3) is 3.82. The van der Waals surface area contributed by atoms with Gasteiger partial charge in [-0.25, -0.2) is 9.78 Å². The highest BCUT2D eigenvalue weighted by atomic mass is 35.5. The lowest BCUT2D eigenvalue weighted by molar-refractivity contribution is -0.123. The quantitative estimate of drug-likeness (QED) is 0.513. The van der Waals surface area contributed by atoms with Crippen molar-refractivity contribution >= 4 is 40.1 Å². The summed E-state index contributed by atoms with van der Waals surface area (Å²) in [6, 6.07) is 12.5. The van der Waals surface area contributed by atoms with Gasteiger partial charge in [0.25, 0.3) is 5.91 Å². The number of hydrogen-bond donors (Lipinski definition) is 1. The topological polar surface area (TPSA) is 81.2 Å². The van der Waals surface area contributed by atoms with E-state index in [2.05, 4.69) is 15.3 Å². The monoisotopic (exact) mass is 395 g/mol. The number of fused-ring (bicyclic) bond motifs is 1. The minimum absolute atomic E-state index is 0.170. The predicted octanol–water partition coefficient (Wildman–Crippen LogP) is 4.34. The van der Waals surface area contributed by atoms with Crippen LogP contribution in [0.15, 0.2) is 48.7 Å². The van der Waals surface area contributed by atoms with Crippen molar-refractivity contribution in [3.63, 3.8) is 0 Å². The molecule has 28 heavy (non-hydrogen) atoms. The second kappa shape index (κ2) is 7.56. The number of pyridine rings is 2. The highest BCUT2D eigenvalue weighted by Gasteiger charge is 2.28. The molecule has 1 aliphatic rings. The number of amides is 1. The minimum Gasteiger partial charge on any atom is -0.449 e. The van der Waals surface area contributed by atoms with E-state index in [1.807, 2.05) is 24.3 Å². The Kier molecular flexibility index (Phi) is 4.96. The summed E-state index contributed by atoms with van der Waals surface area (Å²) < 4.78 is 5.43. The van der Waals surface area contributed by atoms with E-state index in [-0.39, 0.29) is 5.15 Å². The van der Waals surface area contributed by atoms with Gasteiger partial charge in [-0.3, -0.25) is 9.78 Å². The molecule has 6 nitrogen and oxygen atoms in total. The van der Waals surface area contributed by atoms with Gasteiger partial charge in [0.1, 0.15) is 0 Å². The fraction of sp³-hybridized carbons (Fsp3) is 0.238. The van der Waals surface area contributed by atoms with Gasteiger partial charge in [0.05, 0.1) is 16.8 Å². The van der Waals surface area contributed by atoms with E-state index >= 15 is 0 Å². The molecule has 142 valence electrons. The number of benzene rings is 1. The normalized spacial score (nSPS) is 14.5. The van der Waals surface area contributed by atoms with Crippen molar-refractivity contribution in [3.8, 4) is 0 Å². The molecule has 0 unspecified atom stereocenters. The third-order valence-electron chi connectivity index (χ3n) is 4.62. The minimum atomic E-state index is -1.000. The van der Waals surface area contributed by atoms with E-state index in [4.69, 9.17) is 16.3 Å². The second-order valence-corrected chi connectivity index (χ2v) is 7.12. The largest absolute Gasteiger partial charge is 0.449 e. The number of nitrogens with one attached hydrogen (secondary N) is 1. The zero-order valence-corrected chi connectivity index (χ0v) is 15.9. The van der Waals surface area contributed by atoms with Crippen LogP contribution in [0.1, 0.15) is 41.7 Å². The number of halogens is 1. The van der Waals surface area contributed by atoms with E-state index in [9.17, 15) is 9.59 Å². The summed E-state index contributed by atoms with van der Waals surface area (Å²) in [4.78, 5) is 33.8. The lowest BCUT2D eigenvalue weighted by Gasteiger charge is -2.15. The number of nitrogens with zero attached hydrogens (tertiary/aromatic N) is 2. The first-order valence-corrected chi connectivity index (χ1v) is 9.43. The molecule has 0 saturated heterocycles. The van der Waals surface area contributed by atoms with Gasteiger partial charge in [0, 0.05) is 23.2 Å². The molecule has 1 N–H and O–H groups in total. The number of para-hydroxylation sites is 1. The van der Waals surface area contributed by atoms with Gasteiger partial charge in [-0.2, -0.15) is 0 Å². The van der Waals surface area contributed by atoms with Crippen molar-refractivity contribution in [1.29, 1.82) is 0 Å². The second-order valence-electron chi connectivity index (χ2n) is 6.76. The Morgan fingerprint density at radius 3 is 2.75 bits per heavy atom. The standard InChI is InChI=1S/C21H18ClN3O3/c1-12(20(26)25-17-7-4-10-23-19(17)22)28-21(27)15-11-18(13-8-9-13)24-16-6-3-2-5-14(15)16/h2-7,10-13H,8-9H2,1H3,(H,25,26)/t12-/m1/s1. The summed E-state index contributed by atoms with van der Waals surface area (Å²) in [5.41, 5.74) is 2.43. The number of aromatic nitrogens is 2. The van der Waals surface area contributed by atoms with Crippen molar-refractivity contribution in [1.82, 2.24) is 9.97 Å². The van der Waals surface area contributed by atoms with Crippen LogP contribution in [0.3, 0.4) is 0 Å². The van der Waals surface area contributed by atoms with Crippen LogP contribution in [-0.2, 0) is 9.53 Å². The molecule has 0 bridgehead atoms. The Morgan fingerprint density at radius 1 is 1.21 bits per heavy atom. The first-order valence-electron chi connectivity index (χ1n) is 9.05. The van der Waals surface area contributed by atoms with Crippen molar-refractivity contribution in [3.05, 3.63) is 65.1 Å². The molecule has 1 atom stereocenters. The molecule has 3 aromatic rings. The smallest absolute Gasteiger partial charge is 0.339 e. The fourth-order valence-electron chi connectivity index (χ4n) is 2.94. The number of rotatable bonds is 5. The predicted molar refractivity (Wildman–Crippen MR) is 106 cm³/mol. The van der Waals surface area contributed by atoms with Gasteiger partial charge >= 0.3 is 5.97 Å².